The number of rotatable bonds is 0. The molecule has 0 amide bonds. The molecule has 2 nitrogen and oxygen atoms in total. The number of benzene rings is 1. The second-order valence-corrected chi connectivity index (χ2v) is 3.91. The summed E-state index contributed by atoms with van der Waals surface area (Å²) in [7, 11) is 0. The van der Waals surface area contributed by atoms with Gasteiger partial charge in [0.2, 0.25) is 0 Å². The Morgan fingerprint density at radius 3 is 3.00 bits per heavy atom. The summed E-state index contributed by atoms with van der Waals surface area (Å²) in [6.07, 6.45) is 0. The normalized spacial score (nSPS) is 10.8. The largest absolute Gasteiger partial charge is 0.277 e. The number of nitrogens with one attached hydrogen (secondary N) is 1. The molecule has 0 bridgehead atoms. The van der Waals surface area contributed by atoms with Gasteiger partial charge in [-0.3, -0.25) is 9.17 Å². The molecule has 0 unspecified atom stereocenters. The van der Waals surface area contributed by atoms with Gasteiger partial charge in [0.25, 0.3) is 5.56 Å². The lowest BCUT2D eigenvalue weighted by molar-refractivity contribution is 1.43. The van der Waals surface area contributed by atoms with Crippen molar-refractivity contribution in [2.75, 3.05) is 0 Å². The minimum absolute atomic E-state index is 0.0239. The molecule has 0 aliphatic heterocycles. The molecule has 0 radical (unpaired) electrons. The monoisotopic (exact) mass is 199 g/mol. The Balaban J connectivity index is 3.03. The van der Waals surface area contributed by atoms with E-state index in [4.69, 9.17) is 11.6 Å². The lowest BCUT2D eigenvalue weighted by atomic mass is 10.2. The van der Waals surface area contributed by atoms with Crippen LogP contribution in [0.5, 0.6) is 0 Å². The summed E-state index contributed by atoms with van der Waals surface area (Å²) in [4.78, 5) is 11.2. The summed E-state index contributed by atoms with van der Waals surface area (Å²) in [6.45, 7) is 1.89. The van der Waals surface area contributed by atoms with Gasteiger partial charge >= 0.3 is 0 Å². The van der Waals surface area contributed by atoms with Crippen LogP contribution in [-0.2, 0) is 0 Å². The topological polar surface area (TPSA) is 32.9 Å². The van der Waals surface area contributed by atoms with Gasteiger partial charge in [-0.25, -0.2) is 0 Å². The Morgan fingerprint density at radius 2 is 2.25 bits per heavy atom. The fourth-order valence-electron chi connectivity index (χ4n) is 1.24. The predicted octanol–water partition coefficient (Wildman–Crippen LogP) is 2.55. The third-order valence-corrected chi connectivity index (χ3v) is 2.79. The molecule has 1 N–H and O–H groups in total. The highest BCUT2D eigenvalue weighted by Crippen LogP contribution is 2.22. The van der Waals surface area contributed by atoms with E-state index in [1.54, 1.807) is 12.1 Å². The van der Waals surface area contributed by atoms with Crippen LogP contribution in [-0.4, -0.2) is 4.37 Å². The summed E-state index contributed by atoms with van der Waals surface area (Å²) in [5.41, 5.74) is 0.907. The molecule has 62 valence electrons. The highest BCUT2D eigenvalue weighted by molar-refractivity contribution is 7.13. The van der Waals surface area contributed by atoms with Crippen LogP contribution < -0.4 is 5.56 Å². The van der Waals surface area contributed by atoms with Gasteiger partial charge in [-0.2, -0.15) is 0 Å². The van der Waals surface area contributed by atoms with Crippen LogP contribution in [0.1, 0.15) is 5.56 Å². The Morgan fingerprint density at radius 1 is 1.50 bits per heavy atom. The smallest absolute Gasteiger partial charge is 0.266 e. The molecule has 0 saturated heterocycles. The molecule has 0 atom stereocenters. The molecule has 0 spiro atoms. The Kier molecular flexibility index (Phi) is 1.70. The minimum atomic E-state index is -0.0239. The lowest BCUT2D eigenvalue weighted by Crippen LogP contribution is -1.97. The third kappa shape index (κ3) is 1.06. The molecular weight excluding hydrogens is 194 g/mol. The highest BCUT2D eigenvalue weighted by atomic mass is 35.5. The van der Waals surface area contributed by atoms with Crippen LogP contribution in [0.3, 0.4) is 0 Å². The summed E-state index contributed by atoms with van der Waals surface area (Å²) in [5.74, 6) is 0. The van der Waals surface area contributed by atoms with Gasteiger partial charge in [-0.1, -0.05) is 23.1 Å². The summed E-state index contributed by atoms with van der Waals surface area (Å²) in [5, 5.41) is 1.43. The Hall–Kier alpha value is -0.800. The third-order valence-electron chi connectivity index (χ3n) is 1.74. The second-order valence-electron chi connectivity index (χ2n) is 2.63. The van der Waals surface area contributed by atoms with Crippen LogP contribution >= 0.6 is 23.1 Å². The summed E-state index contributed by atoms with van der Waals surface area (Å²) < 4.78 is 3.59. The van der Waals surface area contributed by atoms with Gasteiger partial charge in [0.1, 0.15) is 0 Å². The first-order chi connectivity index (χ1) is 5.68. The molecule has 1 aromatic carbocycles. The van der Waals surface area contributed by atoms with Crippen molar-refractivity contribution in [2.45, 2.75) is 6.92 Å². The first-order valence-corrected chi connectivity index (χ1v) is 4.65. The van der Waals surface area contributed by atoms with Crippen molar-refractivity contribution in [1.82, 2.24) is 4.37 Å². The molecule has 12 heavy (non-hydrogen) atoms. The lowest BCUT2D eigenvalue weighted by Gasteiger charge is -1.94. The van der Waals surface area contributed by atoms with Gasteiger partial charge in [-0.05, 0) is 24.6 Å². The molecule has 0 fully saturated rings. The van der Waals surface area contributed by atoms with E-state index in [1.807, 2.05) is 6.92 Å². The predicted molar refractivity (Wildman–Crippen MR) is 52.2 cm³/mol. The van der Waals surface area contributed by atoms with E-state index in [0.29, 0.717) is 5.02 Å². The van der Waals surface area contributed by atoms with E-state index >= 15 is 0 Å². The number of aromatic nitrogens is 1. The SMILES string of the molecule is Cc1cc(Cl)cc2s[nH]c(=O)c12. The van der Waals surface area contributed by atoms with Crippen molar-refractivity contribution in [3.05, 3.63) is 33.1 Å². The first kappa shape index (κ1) is 7.83. The number of hydrogen-bond donors (Lipinski definition) is 1. The van der Waals surface area contributed by atoms with Crippen LogP contribution in [0.4, 0.5) is 0 Å². The maximum absolute atomic E-state index is 11.2. The van der Waals surface area contributed by atoms with Crippen LogP contribution in [0.25, 0.3) is 10.1 Å². The zero-order valence-corrected chi connectivity index (χ0v) is 7.92. The van der Waals surface area contributed by atoms with Crippen LogP contribution in [0.2, 0.25) is 5.02 Å². The quantitative estimate of drug-likeness (QED) is 0.695. The molecule has 0 saturated carbocycles. The number of hydrogen-bond acceptors (Lipinski definition) is 2. The van der Waals surface area contributed by atoms with Crippen molar-refractivity contribution in [3.8, 4) is 0 Å². The molecule has 1 heterocycles. The van der Waals surface area contributed by atoms with E-state index in [1.165, 1.54) is 11.5 Å². The minimum Gasteiger partial charge on any atom is -0.277 e. The van der Waals surface area contributed by atoms with Crippen molar-refractivity contribution in [2.24, 2.45) is 0 Å². The highest BCUT2D eigenvalue weighted by Gasteiger charge is 2.04. The standard InChI is InChI=1S/C8H6ClNOS/c1-4-2-5(9)3-6-7(4)8(11)10-12-6/h2-3H,1H3,(H,10,11). The number of halogens is 1. The zero-order valence-electron chi connectivity index (χ0n) is 6.35. The van der Waals surface area contributed by atoms with E-state index in [0.717, 1.165) is 15.6 Å². The molecule has 2 aromatic rings. The van der Waals surface area contributed by atoms with Gasteiger partial charge in [0.15, 0.2) is 0 Å². The van der Waals surface area contributed by atoms with Gasteiger partial charge in [0.05, 0.1) is 10.1 Å². The summed E-state index contributed by atoms with van der Waals surface area (Å²) >= 11 is 7.14. The fraction of sp³-hybridized carbons (Fsp3) is 0.125. The van der Waals surface area contributed by atoms with Crippen molar-refractivity contribution in [1.29, 1.82) is 0 Å². The average molecular weight is 200 g/mol. The summed E-state index contributed by atoms with van der Waals surface area (Å²) in [6, 6.07) is 3.60. The van der Waals surface area contributed by atoms with Crippen molar-refractivity contribution in [3.63, 3.8) is 0 Å². The van der Waals surface area contributed by atoms with Gasteiger partial charge < -0.3 is 0 Å². The average Bonchev–Trinajstić information content (AvgIpc) is 2.31. The van der Waals surface area contributed by atoms with Crippen molar-refractivity contribution >= 4 is 33.2 Å². The van der Waals surface area contributed by atoms with Gasteiger partial charge in [0, 0.05) is 5.02 Å². The van der Waals surface area contributed by atoms with Crippen LogP contribution in [0.15, 0.2) is 16.9 Å². The fourth-order valence-corrected chi connectivity index (χ4v) is 2.42. The van der Waals surface area contributed by atoms with Gasteiger partial charge in [-0.15, -0.1) is 0 Å². The molecular formula is C8H6ClNOS. The molecule has 4 heteroatoms. The molecule has 0 aliphatic carbocycles. The number of H-pyrrole nitrogens is 1. The van der Waals surface area contributed by atoms with E-state index in [9.17, 15) is 4.79 Å². The van der Waals surface area contributed by atoms with E-state index < -0.39 is 0 Å². The van der Waals surface area contributed by atoms with Crippen molar-refractivity contribution < 1.29 is 0 Å². The molecule has 2 rings (SSSR count). The maximum Gasteiger partial charge on any atom is 0.266 e. The van der Waals surface area contributed by atoms with Crippen LogP contribution in [0, 0.1) is 6.92 Å². The second kappa shape index (κ2) is 2.61. The maximum atomic E-state index is 11.2. The Bertz CT molecular complexity index is 485. The van der Waals surface area contributed by atoms with E-state index in [-0.39, 0.29) is 5.56 Å². The first-order valence-electron chi connectivity index (χ1n) is 3.46. The number of aromatic amines is 1. The molecule has 1 aromatic heterocycles. The molecule has 0 aliphatic rings. The number of fused-ring (bicyclic) bond motifs is 1. The van der Waals surface area contributed by atoms with E-state index in [2.05, 4.69) is 4.37 Å². The zero-order chi connectivity index (χ0) is 8.72. The Labute approximate surface area is 77.9 Å². The number of aryl methyl sites for hydroxylation is 1.